The van der Waals surface area contributed by atoms with Crippen LogP contribution in [-0.2, 0) is 38.0 Å². The van der Waals surface area contributed by atoms with Crippen molar-refractivity contribution in [2.24, 2.45) is 0 Å². The van der Waals surface area contributed by atoms with Gasteiger partial charge in [0.2, 0.25) is 0 Å². The molecule has 3 fully saturated rings. The Labute approximate surface area is 158 Å². The highest BCUT2D eigenvalue weighted by atomic mass is 32.2. The molecule has 1 aromatic carbocycles. The first-order chi connectivity index (χ1) is 12.6. The Kier molecular flexibility index (Phi) is 4.62. The van der Waals surface area contributed by atoms with Gasteiger partial charge in [-0.3, -0.25) is 4.18 Å². The summed E-state index contributed by atoms with van der Waals surface area (Å²) in [6.07, 6.45) is -3.58. The van der Waals surface area contributed by atoms with E-state index >= 15 is 0 Å². The molecule has 150 valence electrons. The summed E-state index contributed by atoms with van der Waals surface area (Å²) in [6.45, 7) is 7.31. The number of rotatable bonds is 4. The normalized spacial score (nSPS) is 37.4. The molecule has 0 radical (unpaired) electrons. The monoisotopic (exact) mass is 400 g/mol. The van der Waals surface area contributed by atoms with Crippen molar-refractivity contribution < 1.29 is 36.3 Å². The van der Waals surface area contributed by atoms with E-state index in [2.05, 4.69) is 0 Å². The van der Waals surface area contributed by atoms with Crippen LogP contribution in [0.25, 0.3) is 0 Å². The van der Waals surface area contributed by atoms with E-state index in [9.17, 15) is 8.42 Å². The molecule has 8 nitrogen and oxygen atoms in total. The van der Waals surface area contributed by atoms with Crippen molar-refractivity contribution in [3.05, 3.63) is 30.3 Å². The molecule has 3 aliphatic heterocycles. The van der Waals surface area contributed by atoms with Crippen molar-refractivity contribution in [1.82, 2.24) is 0 Å². The standard InChI is InChI=1S/C18H24O8S/c1-17(2)21-10-12(23-17)13-14(15-16(22-13)25-18(3,4)24-15)26-27(19,20)11-8-6-5-7-9-11/h5-9,12-16H,10H2,1-4H3. The third-order valence-electron chi connectivity index (χ3n) is 4.69. The topological polar surface area (TPSA) is 89.5 Å². The van der Waals surface area contributed by atoms with Crippen LogP contribution in [0.5, 0.6) is 0 Å². The van der Waals surface area contributed by atoms with Gasteiger partial charge in [-0.2, -0.15) is 8.42 Å². The lowest BCUT2D eigenvalue weighted by atomic mass is 10.1. The second kappa shape index (κ2) is 6.48. The molecule has 3 heterocycles. The summed E-state index contributed by atoms with van der Waals surface area (Å²) in [7, 11) is -4.02. The summed E-state index contributed by atoms with van der Waals surface area (Å²) in [5, 5.41) is 0. The zero-order valence-electron chi connectivity index (χ0n) is 15.7. The van der Waals surface area contributed by atoms with E-state index in [4.69, 9.17) is 27.9 Å². The lowest BCUT2D eigenvalue weighted by molar-refractivity contribution is -0.230. The zero-order chi connectivity index (χ0) is 19.4. The molecule has 4 rings (SSSR count). The molecular weight excluding hydrogens is 376 g/mol. The van der Waals surface area contributed by atoms with E-state index in [0.29, 0.717) is 0 Å². The van der Waals surface area contributed by atoms with E-state index in [-0.39, 0.29) is 11.5 Å². The maximum atomic E-state index is 12.8. The van der Waals surface area contributed by atoms with Gasteiger partial charge in [0.15, 0.2) is 17.9 Å². The molecule has 3 aliphatic rings. The molecule has 27 heavy (non-hydrogen) atoms. The molecule has 9 heteroatoms. The van der Waals surface area contributed by atoms with Crippen molar-refractivity contribution in [2.75, 3.05) is 6.61 Å². The van der Waals surface area contributed by atoms with E-state index in [1.807, 2.05) is 0 Å². The van der Waals surface area contributed by atoms with Crippen LogP contribution in [0.4, 0.5) is 0 Å². The molecule has 3 saturated heterocycles. The minimum Gasteiger partial charge on any atom is -0.348 e. The van der Waals surface area contributed by atoms with E-state index in [1.165, 1.54) is 12.1 Å². The van der Waals surface area contributed by atoms with Crippen molar-refractivity contribution in [3.8, 4) is 0 Å². The lowest BCUT2D eigenvalue weighted by Gasteiger charge is -2.28. The van der Waals surface area contributed by atoms with Gasteiger partial charge in [-0.05, 0) is 39.8 Å². The number of ether oxygens (including phenoxy) is 5. The van der Waals surface area contributed by atoms with Gasteiger partial charge >= 0.3 is 0 Å². The molecule has 0 aromatic heterocycles. The summed E-state index contributed by atoms with van der Waals surface area (Å²) >= 11 is 0. The predicted octanol–water partition coefficient (Wildman–Crippen LogP) is 1.79. The lowest BCUT2D eigenvalue weighted by Crippen LogP contribution is -2.45. The van der Waals surface area contributed by atoms with Crippen molar-refractivity contribution >= 4 is 10.1 Å². The first kappa shape index (κ1) is 19.3. The Morgan fingerprint density at radius 2 is 1.67 bits per heavy atom. The fourth-order valence-electron chi connectivity index (χ4n) is 3.58. The Morgan fingerprint density at radius 3 is 2.30 bits per heavy atom. The molecule has 0 aliphatic carbocycles. The van der Waals surface area contributed by atoms with Crippen molar-refractivity contribution in [1.29, 1.82) is 0 Å². The van der Waals surface area contributed by atoms with Crippen molar-refractivity contribution in [3.63, 3.8) is 0 Å². The van der Waals surface area contributed by atoms with Gasteiger partial charge in [-0.25, -0.2) is 0 Å². The van der Waals surface area contributed by atoms with Crippen LogP contribution in [0.1, 0.15) is 27.7 Å². The summed E-state index contributed by atoms with van der Waals surface area (Å²) in [5.74, 6) is -1.68. The maximum absolute atomic E-state index is 12.8. The first-order valence-electron chi connectivity index (χ1n) is 8.88. The minimum atomic E-state index is -4.02. The van der Waals surface area contributed by atoms with Crippen LogP contribution in [-0.4, -0.2) is 57.3 Å². The van der Waals surface area contributed by atoms with Gasteiger partial charge in [0.25, 0.3) is 10.1 Å². The molecule has 1 aromatic rings. The van der Waals surface area contributed by atoms with Gasteiger partial charge in [0, 0.05) is 0 Å². The largest absolute Gasteiger partial charge is 0.348 e. The molecule has 0 amide bonds. The Bertz CT molecular complexity index is 791. The molecule has 0 bridgehead atoms. The summed E-state index contributed by atoms with van der Waals surface area (Å²) < 4.78 is 60.2. The van der Waals surface area contributed by atoms with Gasteiger partial charge < -0.3 is 23.7 Å². The predicted molar refractivity (Wildman–Crippen MR) is 92.1 cm³/mol. The Hall–Kier alpha value is -1.07. The number of hydrogen-bond donors (Lipinski definition) is 0. The molecule has 0 saturated carbocycles. The van der Waals surface area contributed by atoms with Crippen LogP contribution in [0.15, 0.2) is 35.2 Å². The number of hydrogen-bond acceptors (Lipinski definition) is 8. The fraction of sp³-hybridized carbons (Fsp3) is 0.667. The van der Waals surface area contributed by atoms with E-state index in [0.717, 1.165) is 0 Å². The van der Waals surface area contributed by atoms with Crippen LogP contribution in [0.2, 0.25) is 0 Å². The Morgan fingerprint density at radius 1 is 0.963 bits per heavy atom. The second-order valence-corrected chi connectivity index (χ2v) is 9.34. The molecule has 5 atom stereocenters. The average molecular weight is 400 g/mol. The fourth-order valence-corrected chi connectivity index (χ4v) is 4.69. The third-order valence-corrected chi connectivity index (χ3v) is 6.02. The van der Waals surface area contributed by atoms with Gasteiger partial charge in [0.1, 0.15) is 24.4 Å². The summed E-state index contributed by atoms with van der Waals surface area (Å²) in [5.41, 5.74) is 0. The zero-order valence-corrected chi connectivity index (χ0v) is 16.5. The Balaban J connectivity index is 1.61. The third kappa shape index (κ3) is 3.77. The molecule has 0 spiro atoms. The van der Waals surface area contributed by atoms with E-state index in [1.54, 1.807) is 45.9 Å². The summed E-state index contributed by atoms with van der Waals surface area (Å²) in [6, 6.07) is 7.96. The van der Waals surface area contributed by atoms with Gasteiger partial charge in [0.05, 0.1) is 11.5 Å². The smallest absolute Gasteiger partial charge is 0.297 e. The minimum absolute atomic E-state index is 0.0642. The first-order valence-corrected chi connectivity index (χ1v) is 10.3. The molecule has 0 N–H and O–H groups in total. The average Bonchev–Trinajstić information content (AvgIpc) is 3.19. The highest BCUT2D eigenvalue weighted by molar-refractivity contribution is 7.86. The van der Waals surface area contributed by atoms with Crippen LogP contribution >= 0.6 is 0 Å². The maximum Gasteiger partial charge on any atom is 0.297 e. The summed E-state index contributed by atoms with van der Waals surface area (Å²) in [4.78, 5) is 0.0642. The highest BCUT2D eigenvalue weighted by Crippen LogP contribution is 2.42. The van der Waals surface area contributed by atoms with Crippen LogP contribution in [0.3, 0.4) is 0 Å². The van der Waals surface area contributed by atoms with Crippen LogP contribution in [0, 0.1) is 0 Å². The molecule has 5 unspecified atom stereocenters. The SMILES string of the molecule is CC1(C)OCC(C2OC3OC(C)(C)OC3C2OS(=O)(=O)c2ccccc2)O1. The van der Waals surface area contributed by atoms with Crippen molar-refractivity contribution in [2.45, 2.75) is 74.9 Å². The second-order valence-electron chi connectivity index (χ2n) is 7.76. The van der Waals surface area contributed by atoms with Gasteiger partial charge in [-0.15, -0.1) is 0 Å². The quantitative estimate of drug-likeness (QED) is 0.707. The molecular formula is C18H24O8S. The van der Waals surface area contributed by atoms with E-state index < -0.39 is 52.4 Å². The number of benzene rings is 1. The highest BCUT2D eigenvalue weighted by Gasteiger charge is 2.60. The van der Waals surface area contributed by atoms with Crippen LogP contribution < -0.4 is 0 Å². The number of fused-ring (bicyclic) bond motifs is 1. The van der Waals surface area contributed by atoms with Gasteiger partial charge in [-0.1, -0.05) is 18.2 Å².